The van der Waals surface area contributed by atoms with Crippen LogP contribution < -0.4 is 37.5 Å². The first-order chi connectivity index (χ1) is 16.6. The van der Waals surface area contributed by atoms with Crippen LogP contribution in [0.4, 0.5) is 24.7 Å². The Bertz CT molecular complexity index is 1280. The summed E-state index contributed by atoms with van der Waals surface area (Å²) < 4.78 is 51.2. The van der Waals surface area contributed by atoms with Gasteiger partial charge in [-0.2, -0.15) is 18.3 Å². The average molecular weight is 491 g/mol. The number of anilines is 2. The summed E-state index contributed by atoms with van der Waals surface area (Å²) in [6, 6.07) is 6.38. The molecule has 0 bridgehead atoms. The van der Waals surface area contributed by atoms with E-state index in [1.54, 1.807) is 26.0 Å². The number of nitrogens with one attached hydrogen (secondary N) is 2. The highest BCUT2D eigenvalue weighted by Crippen LogP contribution is 2.35. The van der Waals surface area contributed by atoms with E-state index in [0.29, 0.717) is 11.4 Å². The molecule has 0 aliphatic carbocycles. The molecule has 13 heteroatoms. The largest absolute Gasteiger partial charge is 0.495 e. The minimum atomic E-state index is -4.53. The zero-order valence-electron chi connectivity index (χ0n) is 19.1. The van der Waals surface area contributed by atoms with Crippen molar-refractivity contribution in [1.82, 2.24) is 15.0 Å². The standard InChI is InChI=1S/C22H24F3N7O3/c1-12-8-15(9-13(2)19(12)35-11-18(30-26)31-27)32-7-6-28-20(21(32)33)29-16-5-4-14(22(23,24)25)10-17(16)34-3/h4-10H,11,26-27H2,1-3H3,(H,28,29)(H,30,31). The average Bonchev–Trinajstić information content (AvgIpc) is 2.81. The summed E-state index contributed by atoms with van der Waals surface area (Å²) in [4.78, 5) is 17.2. The van der Waals surface area contributed by atoms with Crippen molar-refractivity contribution in [2.24, 2.45) is 16.8 Å². The summed E-state index contributed by atoms with van der Waals surface area (Å²) >= 11 is 0. The molecular formula is C22H24F3N7O3. The van der Waals surface area contributed by atoms with Crippen molar-refractivity contribution in [2.45, 2.75) is 20.0 Å². The molecule has 0 fully saturated rings. The van der Waals surface area contributed by atoms with Crippen molar-refractivity contribution in [2.75, 3.05) is 19.0 Å². The van der Waals surface area contributed by atoms with Gasteiger partial charge in [-0.3, -0.25) is 9.36 Å². The Kier molecular flexibility index (Phi) is 7.49. The fourth-order valence-electron chi connectivity index (χ4n) is 3.35. The van der Waals surface area contributed by atoms with Gasteiger partial charge in [0.15, 0.2) is 11.7 Å². The molecule has 1 aromatic heterocycles. The normalized spacial score (nSPS) is 11.8. The molecule has 3 rings (SSSR count). The number of nitrogens with zero attached hydrogens (tertiary/aromatic N) is 3. The molecule has 10 nitrogen and oxygen atoms in total. The van der Waals surface area contributed by atoms with Gasteiger partial charge in [-0.15, -0.1) is 0 Å². The fraction of sp³-hybridized carbons (Fsp3) is 0.227. The number of hydrogen-bond acceptors (Lipinski definition) is 8. The maximum Gasteiger partial charge on any atom is 0.416 e. The van der Waals surface area contributed by atoms with Crippen molar-refractivity contribution < 1.29 is 22.6 Å². The number of aryl methyl sites for hydroxylation is 2. The Morgan fingerprint density at radius 2 is 1.89 bits per heavy atom. The molecule has 0 saturated carbocycles. The number of rotatable bonds is 7. The molecule has 35 heavy (non-hydrogen) atoms. The SMILES string of the molecule is COc1cc(C(F)(F)F)ccc1Nc1nccn(-c2cc(C)c(OC/C(=N/N)NN)c(C)c2)c1=O. The number of aromatic nitrogens is 2. The lowest BCUT2D eigenvalue weighted by atomic mass is 10.1. The predicted octanol–water partition coefficient (Wildman–Crippen LogP) is 2.73. The van der Waals surface area contributed by atoms with Crippen LogP contribution in [-0.4, -0.2) is 29.1 Å². The van der Waals surface area contributed by atoms with Crippen LogP contribution in [0, 0.1) is 13.8 Å². The third-order valence-corrected chi connectivity index (χ3v) is 5.02. The highest BCUT2D eigenvalue weighted by atomic mass is 19.4. The Labute approximate surface area is 198 Å². The van der Waals surface area contributed by atoms with E-state index < -0.39 is 17.3 Å². The minimum Gasteiger partial charge on any atom is -0.495 e. The van der Waals surface area contributed by atoms with Crippen molar-refractivity contribution in [1.29, 1.82) is 0 Å². The smallest absolute Gasteiger partial charge is 0.416 e. The molecule has 0 radical (unpaired) electrons. The first-order valence-corrected chi connectivity index (χ1v) is 10.2. The number of nitrogens with two attached hydrogens (primary N) is 2. The third kappa shape index (κ3) is 5.63. The van der Waals surface area contributed by atoms with Gasteiger partial charge in [-0.1, -0.05) is 0 Å². The van der Waals surface area contributed by atoms with Crippen LogP contribution in [0.5, 0.6) is 11.5 Å². The molecule has 0 spiro atoms. The number of hydrazone groups is 1. The van der Waals surface area contributed by atoms with E-state index in [9.17, 15) is 18.0 Å². The fourth-order valence-corrected chi connectivity index (χ4v) is 3.35. The first-order valence-electron chi connectivity index (χ1n) is 10.2. The van der Waals surface area contributed by atoms with Gasteiger partial charge in [-0.05, 0) is 55.3 Å². The van der Waals surface area contributed by atoms with Crippen molar-refractivity contribution in [3.8, 4) is 17.2 Å². The van der Waals surface area contributed by atoms with Crippen LogP contribution in [0.2, 0.25) is 0 Å². The van der Waals surface area contributed by atoms with Gasteiger partial charge in [-0.25, -0.2) is 10.8 Å². The molecule has 3 aromatic rings. The minimum absolute atomic E-state index is 0.0201. The molecule has 0 atom stereocenters. The molecule has 0 aliphatic rings. The number of methoxy groups -OCH3 is 1. The van der Waals surface area contributed by atoms with Gasteiger partial charge in [0.1, 0.15) is 18.1 Å². The lowest BCUT2D eigenvalue weighted by Crippen LogP contribution is -2.35. The van der Waals surface area contributed by atoms with Crippen molar-refractivity contribution in [3.63, 3.8) is 0 Å². The number of benzene rings is 2. The van der Waals surface area contributed by atoms with E-state index in [4.69, 9.17) is 21.2 Å². The maximum atomic E-state index is 13.1. The molecule has 186 valence electrons. The topological polar surface area (TPSA) is 142 Å². The van der Waals surface area contributed by atoms with Gasteiger partial charge in [0.05, 0.1) is 18.4 Å². The van der Waals surface area contributed by atoms with Crippen molar-refractivity contribution >= 4 is 17.3 Å². The predicted molar refractivity (Wildman–Crippen MR) is 125 cm³/mol. The Balaban J connectivity index is 1.94. The van der Waals surface area contributed by atoms with Crippen LogP contribution in [0.15, 0.2) is 52.6 Å². The molecule has 0 unspecified atom stereocenters. The summed E-state index contributed by atoms with van der Waals surface area (Å²) in [7, 11) is 1.23. The maximum absolute atomic E-state index is 13.1. The summed E-state index contributed by atoms with van der Waals surface area (Å²) in [6.45, 7) is 3.63. The van der Waals surface area contributed by atoms with Gasteiger partial charge < -0.3 is 26.1 Å². The van der Waals surface area contributed by atoms with E-state index in [-0.39, 0.29) is 29.7 Å². The molecule has 0 amide bonds. The zero-order chi connectivity index (χ0) is 25.8. The van der Waals surface area contributed by atoms with Gasteiger partial charge >= 0.3 is 6.18 Å². The Morgan fingerprint density at radius 1 is 1.20 bits per heavy atom. The molecule has 1 heterocycles. The number of hydrogen-bond donors (Lipinski definition) is 4. The number of ether oxygens (including phenoxy) is 2. The summed E-state index contributed by atoms with van der Waals surface area (Å²) in [5, 5.41) is 6.22. The summed E-state index contributed by atoms with van der Waals surface area (Å²) in [6.07, 6.45) is -1.66. The first kappa shape index (κ1) is 25.4. The number of amidine groups is 1. The molecule has 2 aromatic carbocycles. The lowest BCUT2D eigenvalue weighted by Gasteiger charge is -2.16. The monoisotopic (exact) mass is 491 g/mol. The molecule has 0 aliphatic heterocycles. The second-order valence-electron chi connectivity index (χ2n) is 7.41. The summed E-state index contributed by atoms with van der Waals surface area (Å²) in [5.74, 6) is 11.1. The number of halogens is 3. The zero-order valence-corrected chi connectivity index (χ0v) is 19.1. The van der Waals surface area contributed by atoms with E-state index >= 15 is 0 Å². The molecule has 0 saturated heterocycles. The lowest BCUT2D eigenvalue weighted by molar-refractivity contribution is -0.137. The van der Waals surface area contributed by atoms with Gasteiger partial charge in [0.2, 0.25) is 0 Å². The van der Waals surface area contributed by atoms with Crippen LogP contribution in [0.1, 0.15) is 16.7 Å². The second-order valence-corrected chi connectivity index (χ2v) is 7.41. The van der Waals surface area contributed by atoms with E-state index in [1.807, 2.05) is 0 Å². The van der Waals surface area contributed by atoms with Gasteiger partial charge in [0.25, 0.3) is 5.56 Å². The Hall–Kier alpha value is -4.26. The third-order valence-electron chi connectivity index (χ3n) is 5.02. The number of hydrazine groups is 1. The quantitative estimate of drug-likeness (QED) is 0.171. The highest BCUT2D eigenvalue weighted by Gasteiger charge is 2.31. The highest BCUT2D eigenvalue weighted by molar-refractivity contribution is 5.82. The second kappa shape index (κ2) is 10.3. The molecule has 6 N–H and O–H groups in total. The van der Waals surface area contributed by atoms with Crippen molar-refractivity contribution in [3.05, 3.63) is 69.8 Å². The van der Waals surface area contributed by atoms with E-state index in [0.717, 1.165) is 23.3 Å². The summed E-state index contributed by atoms with van der Waals surface area (Å²) in [5.41, 5.74) is 3.08. The Morgan fingerprint density at radius 3 is 2.46 bits per heavy atom. The van der Waals surface area contributed by atoms with E-state index in [1.165, 1.54) is 30.1 Å². The number of alkyl halides is 3. The van der Waals surface area contributed by atoms with Crippen LogP contribution in [-0.2, 0) is 6.18 Å². The van der Waals surface area contributed by atoms with Crippen LogP contribution >= 0.6 is 0 Å². The van der Waals surface area contributed by atoms with E-state index in [2.05, 4.69) is 20.8 Å². The van der Waals surface area contributed by atoms with Crippen LogP contribution in [0.25, 0.3) is 5.69 Å². The van der Waals surface area contributed by atoms with Gasteiger partial charge in [0, 0.05) is 18.1 Å². The molecular weight excluding hydrogens is 467 g/mol. The van der Waals surface area contributed by atoms with Crippen LogP contribution in [0.3, 0.4) is 0 Å².